The molecule has 1 aliphatic rings. The first kappa shape index (κ1) is 16.1. The van der Waals surface area contributed by atoms with E-state index < -0.39 is 30.3 Å². The van der Waals surface area contributed by atoms with Crippen LogP contribution >= 0.6 is 0 Å². The molecule has 1 amide bonds. The van der Waals surface area contributed by atoms with Crippen LogP contribution in [0.2, 0.25) is 0 Å². The van der Waals surface area contributed by atoms with Crippen LogP contribution in [0.5, 0.6) is 0 Å². The van der Waals surface area contributed by atoms with Crippen molar-refractivity contribution in [3.05, 3.63) is 71.8 Å². The lowest BCUT2D eigenvalue weighted by molar-refractivity contribution is -0.146. The lowest BCUT2D eigenvalue weighted by atomic mass is 9.95. The van der Waals surface area contributed by atoms with Gasteiger partial charge >= 0.3 is 12.1 Å². The Kier molecular flexibility index (Phi) is 4.51. The van der Waals surface area contributed by atoms with Crippen LogP contribution in [0.15, 0.2) is 60.7 Å². The molecular formula is C19H19NO4. The third kappa shape index (κ3) is 2.85. The van der Waals surface area contributed by atoms with E-state index in [0.717, 1.165) is 11.1 Å². The molecule has 124 valence electrons. The Morgan fingerprint density at radius 2 is 1.54 bits per heavy atom. The fourth-order valence-electron chi connectivity index (χ4n) is 3.10. The minimum absolute atomic E-state index is 0.422. The maximum absolute atomic E-state index is 12.5. The van der Waals surface area contributed by atoms with E-state index in [0.29, 0.717) is 0 Å². The number of methoxy groups -OCH3 is 1. The highest BCUT2D eigenvalue weighted by Gasteiger charge is 2.48. The zero-order valence-electron chi connectivity index (χ0n) is 13.6. The van der Waals surface area contributed by atoms with Crippen LogP contribution in [-0.4, -0.2) is 36.2 Å². The Morgan fingerprint density at radius 3 is 2.00 bits per heavy atom. The molecule has 2 atom stereocenters. The van der Waals surface area contributed by atoms with Gasteiger partial charge in [0.1, 0.15) is 6.10 Å². The molecule has 1 heterocycles. The topological polar surface area (TPSA) is 55.8 Å². The molecule has 0 bridgehead atoms. The summed E-state index contributed by atoms with van der Waals surface area (Å²) in [6, 6.07) is 18.0. The van der Waals surface area contributed by atoms with Gasteiger partial charge in [0.15, 0.2) is 6.04 Å². The molecule has 0 saturated carbocycles. The lowest BCUT2D eigenvalue weighted by Gasteiger charge is -2.30. The number of esters is 1. The molecule has 0 aromatic heterocycles. The summed E-state index contributed by atoms with van der Waals surface area (Å²) in [5.41, 5.74) is 1.81. The molecule has 24 heavy (non-hydrogen) atoms. The number of ether oxygens (including phenoxy) is 2. The second kappa shape index (κ2) is 6.74. The van der Waals surface area contributed by atoms with Crippen LogP contribution in [0.4, 0.5) is 4.79 Å². The molecule has 1 aliphatic heterocycles. The van der Waals surface area contributed by atoms with E-state index in [1.807, 2.05) is 60.7 Å². The molecule has 0 aliphatic carbocycles. The maximum Gasteiger partial charge on any atom is 0.411 e. The standard InChI is InChI=1S/C19H19NO4/c1-13-16(18(21)23-2)20(19(22)24-13)17(14-9-5-3-6-10-14)15-11-7-4-8-12-15/h3-13,16-17H,1-2H3. The average Bonchev–Trinajstić information content (AvgIpc) is 2.91. The Morgan fingerprint density at radius 1 is 1.04 bits per heavy atom. The molecule has 1 fully saturated rings. The molecule has 0 N–H and O–H groups in total. The van der Waals surface area contributed by atoms with E-state index in [-0.39, 0.29) is 0 Å². The van der Waals surface area contributed by atoms with Gasteiger partial charge < -0.3 is 9.47 Å². The number of hydrogen-bond acceptors (Lipinski definition) is 4. The monoisotopic (exact) mass is 325 g/mol. The fourth-order valence-corrected chi connectivity index (χ4v) is 3.10. The molecule has 3 rings (SSSR count). The molecule has 1 saturated heterocycles. The number of nitrogens with zero attached hydrogens (tertiary/aromatic N) is 1. The number of amides is 1. The SMILES string of the molecule is COC(=O)C1C(C)OC(=O)N1C(c1ccccc1)c1ccccc1. The van der Waals surface area contributed by atoms with E-state index >= 15 is 0 Å². The molecule has 5 nitrogen and oxygen atoms in total. The molecule has 0 spiro atoms. The lowest BCUT2D eigenvalue weighted by Crippen LogP contribution is -2.45. The van der Waals surface area contributed by atoms with Crippen LogP contribution in [0.25, 0.3) is 0 Å². The second-order valence-electron chi connectivity index (χ2n) is 5.69. The van der Waals surface area contributed by atoms with Crippen molar-refractivity contribution in [1.82, 2.24) is 4.90 Å². The Balaban J connectivity index is 2.11. The first-order valence-electron chi connectivity index (χ1n) is 7.80. The summed E-state index contributed by atoms with van der Waals surface area (Å²) in [6.45, 7) is 1.70. The van der Waals surface area contributed by atoms with Crippen LogP contribution < -0.4 is 0 Å². The third-order valence-electron chi connectivity index (χ3n) is 4.19. The normalized spacial score (nSPS) is 20.1. The Bertz CT molecular complexity index is 677. The highest BCUT2D eigenvalue weighted by atomic mass is 16.6. The van der Waals surface area contributed by atoms with Crippen LogP contribution in [0.1, 0.15) is 24.1 Å². The number of rotatable bonds is 4. The molecule has 2 aromatic rings. The van der Waals surface area contributed by atoms with Gasteiger partial charge in [0.2, 0.25) is 0 Å². The Labute approximate surface area is 140 Å². The summed E-state index contributed by atoms with van der Waals surface area (Å²) in [6.07, 6.45) is -1.09. The van der Waals surface area contributed by atoms with Gasteiger partial charge in [-0.2, -0.15) is 0 Å². The molecule has 2 unspecified atom stereocenters. The summed E-state index contributed by atoms with van der Waals surface area (Å²) in [7, 11) is 1.32. The van der Waals surface area contributed by atoms with E-state index in [4.69, 9.17) is 9.47 Å². The minimum Gasteiger partial charge on any atom is -0.467 e. The summed E-state index contributed by atoms with van der Waals surface area (Å²) in [5.74, 6) is -0.481. The van der Waals surface area contributed by atoms with Gasteiger partial charge in [-0.1, -0.05) is 60.7 Å². The minimum atomic E-state index is -0.784. The largest absolute Gasteiger partial charge is 0.467 e. The number of carbonyl (C=O) groups excluding carboxylic acids is 2. The average molecular weight is 325 g/mol. The van der Waals surface area contributed by atoms with Crippen LogP contribution in [-0.2, 0) is 14.3 Å². The van der Waals surface area contributed by atoms with Crippen molar-refractivity contribution < 1.29 is 19.1 Å². The first-order valence-corrected chi connectivity index (χ1v) is 7.80. The number of cyclic esters (lactones) is 1. The van der Waals surface area contributed by atoms with Gasteiger partial charge in [0.05, 0.1) is 13.2 Å². The van der Waals surface area contributed by atoms with Crippen molar-refractivity contribution in [3.8, 4) is 0 Å². The van der Waals surface area contributed by atoms with Gasteiger partial charge in [-0.15, -0.1) is 0 Å². The zero-order chi connectivity index (χ0) is 17.1. The zero-order valence-corrected chi connectivity index (χ0v) is 13.6. The molecule has 5 heteroatoms. The number of benzene rings is 2. The summed E-state index contributed by atoms with van der Waals surface area (Å²) in [5, 5.41) is 0. The summed E-state index contributed by atoms with van der Waals surface area (Å²) < 4.78 is 10.2. The fraction of sp³-hybridized carbons (Fsp3) is 0.263. The van der Waals surface area contributed by atoms with E-state index in [2.05, 4.69) is 0 Å². The third-order valence-corrected chi connectivity index (χ3v) is 4.19. The quantitative estimate of drug-likeness (QED) is 0.810. The van der Waals surface area contributed by atoms with Crippen molar-refractivity contribution in [3.63, 3.8) is 0 Å². The maximum atomic E-state index is 12.5. The van der Waals surface area contributed by atoms with Gasteiger partial charge in [0, 0.05) is 0 Å². The molecular weight excluding hydrogens is 306 g/mol. The van der Waals surface area contributed by atoms with Crippen LogP contribution in [0, 0.1) is 0 Å². The smallest absolute Gasteiger partial charge is 0.411 e. The van der Waals surface area contributed by atoms with Gasteiger partial charge in [0.25, 0.3) is 0 Å². The van der Waals surface area contributed by atoms with E-state index in [9.17, 15) is 9.59 Å². The predicted molar refractivity (Wildman–Crippen MR) is 88.3 cm³/mol. The van der Waals surface area contributed by atoms with Crippen molar-refractivity contribution in [1.29, 1.82) is 0 Å². The van der Waals surface area contributed by atoms with E-state index in [1.165, 1.54) is 12.0 Å². The van der Waals surface area contributed by atoms with E-state index in [1.54, 1.807) is 6.92 Å². The number of carbonyl (C=O) groups is 2. The van der Waals surface area contributed by atoms with Crippen molar-refractivity contribution >= 4 is 12.1 Å². The van der Waals surface area contributed by atoms with Crippen molar-refractivity contribution in [2.45, 2.75) is 25.1 Å². The summed E-state index contributed by atoms with van der Waals surface area (Å²) in [4.78, 5) is 26.2. The highest BCUT2D eigenvalue weighted by Crippen LogP contribution is 2.35. The summed E-state index contributed by atoms with van der Waals surface area (Å²) >= 11 is 0. The van der Waals surface area contributed by atoms with Gasteiger partial charge in [-0.25, -0.2) is 9.59 Å². The van der Waals surface area contributed by atoms with Gasteiger partial charge in [-0.3, -0.25) is 4.90 Å². The van der Waals surface area contributed by atoms with Gasteiger partial charge in [-0.05, 0) is 18.1 Å². The second-order valence-corrected chi connectivity index (χ2v) is 5.69. The highest BCUT2D eigenvalue weighted by molar-refractivity contribution is 5.85. The van der Waals surface area contributed by atoms with Crippen molar-refractivity contribution in [2.24, 2.45) is 0 Å². The molecule has 0 radical (unpaired) electrons. The van der Waals surface area contributed by atoms with Crippen molar-refractivity contribution in [2.75, 3.05) is 7.11 Å². The molecule has 2 aromatic carbocycles. The first-order chi connectivity index (χ1) is 11.6. The number of hydrogen-bond donors (Lipinski definition) is 0. The predicted octanol–water partition coefficient (Wildman–Crippen LogP) is 3.16. The van der Waals surface area contributed by atoms with Crippen LogP contribution in [0.3, 0.4) is 0 Å². The Hall–Kier alpha value is -2.82.